The molecule has 1 saturated carbocycles. The molecule has 0 unspecified atom stereocenters. The second kappa shape index (κ2) is 12.9. The van der Waals surface area contributed by atoms with Crippen molar-refractivity contribution >= 4 is 17.5 Å². The highest BCUT2D eigenvalue weighted by Gasteiger charge is 2.31. The normalized spacial score (nSPS) is 16.8. The SMILES string of the molecule is CCn1nc(C2CC2)cc1C(=O)N1CCN(C(C)C)CCCN(C(=O)COc2ccccc2)c2c(C)cccc2C1. The van der Waals surface area contributed by atoms with Gasteiger partial charge in [-0.2, -0.15) is 5.10 Å². The zero-order valence-corrected chi connectivity index (χ0v) is 24.9. The average molecular weight is 558 g/mol. The number of aryl methyl sites for hydroxylation is 2. The Morgan fingerprint density at radius 3 is 2.49 bits per heavy atom. The summed E-state index contributed by atoms with van der Waals surface area (Å²) >= 11 is 0. The maximum atomic E-state index is 14.2. The van der Waals surface area contributed by atoms with Gasteiger partial charge in [-0.15, -0.1) is 0 Å². The Morgan fingerprint density at radius 1 is 1.00 bits per heavy atom. The Morgan fingerprint density at radius 2 is 1.78 bits per heavy atom. The number of fused-ring (bicyclic) bond motifs is 1. The van der Waals surface area contributed by atoms with Crippen molar-refractivity contribution < 1.29 is 14.3 Å². The number of hydrogen-bond acceptors (Lipinski definition) is 5. The maximum absolute atomic E-state index is 14.2. The summed E-state index contributed by atoms with van der Waals surface area (Å²) in [5.74, 6) is 1.06. The van der Waals surface area contributed by atoms with Gasteiger partial charge >= 0.3 is 0 Å². The molecule has 8 heteroatoms. The van der Waals surface area contributed by atoms with Gasteiger partial charge in [0.25, 0.3) is 11.8 Å². The van der Waals surface area contributed by atoms with E-state index in [9.17, 15) is 9.59 Å². The molecule has 0 N–H and O–H groups in total. The number of anilines is 1. The molecule has 2 heterocycles. The van der Waals surface area contributed by atoms with Gasteiger partial charge < -0.3 is 14.5 Å². The fourth-order valence-electron chi connectivity index (χ4n) is 5.69. The lowest BCUT2D eigenvalue weighted by Gasteiger charge is -2.30. The molecule has 1 aliphatic carbocycles. The van der Waals surface area contributed by atoms with Crippen LogP contribution in [0.1, 0.15) is 73.3 Å². The number of hydrogen-bond donors (Lipinski definition) is 0. The van der Waals surface area contributed by atoms with Gasteiger partial charge in [0.2, 0.25) is 0 Å². The largest absolute Gasteiger partial charge is 0.484 e. The van der Waals surface area contributed by atoms with Crippen molar-refractivity contribution in [1.29, 1.82) is 0 Å². The van der Waals surface area contributed by atoms with Crippen molar-refractivity contribution in [2.45, 2.75) is 72.0 Å². The summed E-state index contributed by atoms with van der Waals surface area (Å²) in [5.41, 5.74) is 4.54. The molecule has 2 aromatic carbocycles. The minimum absolute atomic E-state index is 0.00746. The lowest BCUT2D eigenvalue weighted by atomic mass is 10.0. The number of carbonyl (C=O) groups is 2. The van der Waals surface area contributed by atoms with Crippen LogP contribution in [0.3, 0.4) is 0 Å². The lowest BCUT2D eigenvalue weighted by molar-refractivity contribution is -0.120. The van der Waals surface area contributed by atoms with Crippen LogP contribution in [0, 0.1) is 6.92 Å². The predicted octanol–water partition coefficient (Wildman–Crippen LogP) is 5.26. The zero-order valence-electron chi connectivity index (χ0n) is 24.9. The first kappa shape index (κ1) is 28.9. The molecule has 0 spiro atoms. The van der Waals surface area contributed by atoms with E-state index in [1.165, 1.54) is 0 Å². The number of nitrogens with zero attached hydrogens (tertiary/aromatic N) is 5. The first-order valence-corrected chi connectivity index (χ1v) is 15.0. The Bertz CT molecular complexity index is 1350. The van der Waals surface area contributed by atoms with E-state index in [1.807, 2.05) is 82.9 Å². The van der Waals surface area contributed by atoms with Crippen molar-refractivity contribution in [3.05, 3.63) is 77.1 Å². The number of carbonyl (C=O) groups excluding carboxylic acids is 2. The van der Waals surface area contributed by atoms with Gasteiger partial charge in [0.1, 0.15) is 11.4 Å². The molecule has 218 valence electrons. The summed E-state index contributed by atoms with van der Waals surface area (Å²) in [6, 6.07) is 17.9. The maximum Gasteiger partial charge on any atom is 0.272 e. The van der Waals surface area contributed by atoms with Crippen molar-refractivity contribution in [3.63, 3.8) is 0 Å². The first-order valence-electron chi connectivity index (χ1n) is 15.0. The summed E-state index contributed by atoms with van der Waals surface area (Å²) in [7, 11) is 0. The monoisotopic (exact) mass is 557 g/mol. The minimum atomic E-state index is -0.0873. The Balaban J connectivity index is 1.48. The molecule has 1 aliphatic heterocycles. The van der Waals surface area contributed by atoms with Crippen LogP contribution in [0.4, 0.5) is 5.69 Å². The molecule has 5 rings (SSSR count). The van der Waals surface area contributed by atoms with E-state index in [-0.39, 0.29) is 18.4 Å². The van der Waals surface area contributed by atoms with Gasteiger partial charge in [0.05, 0.1) is 11.4 Å². The van der Waals surface area contributed by atoms with Crippen LogP contribution in [0.2, 0.25) is 0 Å². The van der Waals surface area contributed by atoms with Crippen LogP contribution in [-0.4, -0.2) is 70.2 Å². The van der Waals surface area contributed by atoms with E-state index in [0.717, 1.165) is 54.9 Å². The van der Waals surface area contributed by atoms with Crippen LogP contribution >= 0.6 is 0 Å². The molecule has 0 saturated heterocycles. The highest BCUT2D eigenvalue weighted by atomic mass is 16.5. The third kappa shape index (κ3) is 6.81. The van der Waals surface area contributed by atoms with E-state index < -0.39 is 0 Å². The topological polar surface area (TPSA) is 70.9 Å². The Kier molecular flexibility index (Phi) is 9.08. The summed E-state index contributed by atoms with van der Waals surface area (Å²) in [6.45, 7) is 12.3. The molecule has 0 bridgehead atoms. The molecular weight excluding hydrogens is 514 g/mol. The molecule has 8 nitrogen and oxygen atoms in total. The van der Waals surface area contributed by atoms with Gasteiger partial charge in [-0.3, -0.25) is 19.2 Å². The lowest BCUT2D eigenvalue weighted by Crippen LogP contribution is -2.42. The van der Waals surface area contributed by atoms with E-state index >= 15 is 0 Å². The van der Waals surface area contributed by atoms with E-state index in [2.05, 4.69) is 18.7 Å². The van der Waals surface area contributed by atoms with Crippen LogP contribution in [-0.2, 0) is 17.9 Å². The van der Waals surface area contributed by atoms with Crippen LogP contribution < -0.4 is 9.64 Å². The van der Waals surface area contributed by atoms with Crippen molar-refractivity contribution in [2.24, 2.45) is 0 Å². The van der Waals surface area contributed by atoms with Gasteiger partial charge in [0, 0.05) is 51.2 Å². The fraction of sp³-hybridized carbons (Fsp3) is 0.485. The smallest absolute Gasteiger partial charge is 0.272 e. The van der Waals surface area contributed by atoms with E-state index in [1.54, 1.807) is 0 Å². The molecule has 0 radical (unpaired) electrons. The second-order valence-electron chi connectivity index (χ2n) is 11.5. The molecule has 1 fully saturated rings. The highest BCUT2D eigenvalue weighted by molar-refractivity contribution is 5.96. The predicted molar refractivity (Wildman–Crippen MR) is 161 cm³/mol. The zero-order chi connectivity index (χ0) is 28.9. The van der Waals surface area contributed by atoms with Crippen LogP contribution in [0.25, 0.3) is 0 Å². The number of rotatable bonds is 7. The third-order valence-electron chi connectivity index (χ3n) is 8.17. The highest BCUT2D eigenvalue weighted by Crippen LogP contribution is 2.39. The van der Waals surface area contributed by atoms with Gasteiger partial charge in [-0.1, -0.05) is 36.4 Å². The Labute approximate surface area is 243 Å². The van der Waals surface area contributed by atoms with E-state index in [4.69, 9.17) is 9.84 Å². The van der Waals surface area contributed by atoms with Gasteiger partial charge in [0.15, 0.2) is 6.61 Å². The quantitative estimate of drug-likeness (QED) is 0.397. The third-order valence-corrected chi connectivity index (χ3v) is 8.17. The summed E-state index contributed by atoms with van der Waals surface area (Å²) in [6.07, 6.45) is 3.11. The number of ether oxygens (including phenoxy) is 1. The molecule has 41 heavy (non-hydrogen) atoms. The molecule has 2 aliphatic rings. The van der Waals surface area contributed by atoms with E-state index in [0.29, 0.717) is 49.6 Å². The molecule has 2 amide bonds. The average Bonchev–Trinajstić information content (AvgIpc) is 3.74. The summed E-state index contributed by atoms with van der Waals surface area (Å²) in [4.78, 5) is 34.1. The molecular formula is C33H43N5O3. The summed E-state index contributed by atoms with van der Waals surface area (Å²) < 4.78 is 7.74. The molecule has 1 aromatic heterocycles. The second-order valence-corrected chi connectivity index (χ2v) is 11.5. The van der Waals surface area contributed by atoms with Crippen molar-refractivity contribution in [2.75, 3.05) is 37.7 Å². The standard InChI is InChI=1S/C33H43N5O3/c1-5-38-30(21-29(34-38)26-15-16-26)33(40)36-20-19-35(24(2)3)17-10-18-37(32-25(4)11-9-12-27(32)22-36)31(39)23-41-28-13-7-6-8-14-28/h6-9,11-14,21,24,26H,5,10,15-20,22-23H2,1-4H3. The Hall–Kier alpha value is -3.65. The molecule has 0 atom stereocenters. The van der Waals surface area contributed by atoms with Gasteiger partial charge in [-0.05, 0) is 76.3 Å². The van der Waals surface area contributed by atoms with Crippen molar-refractivity contribution in [3.8, 4) is 5.75 Å². The first-order chi connectivity index (χ1) is 19.9. The fourth-order valence-corrected chi connectivity index (χ4v) is 5.69. The number of aromatic nitrogens is 2. The minimum Gasteiger partial charge on any atom is -0.484 e. The van der Waals surface area contributed by atoms with Crippen molar-refractivity contribution in [1.82, 2.24) is 19.6 Å². The molecule has 3 aromatic rings. The van der Waals surface area contributed by atoms with Crippen LogP contribution in [0.15, 0.2) is 54.6 Å². The van der Waals surface area contributed by atoms with Crippen LogP contribution in [0.5, 0.6) is 5.75 Å². The number of benzene rings is 2. The number of para-hydroxylation sites is 2. The summed E-state index contributed by atoms with van der Waals surface area (Å²) in [5, 5.41) is 4.77. The number of amides is 2. The van der Waals surface area contributed by atoms with Gasteiger partial charge in [-0.25, -0.2) is 0 Å².